The minimum absolute atomic E-state index is 0.0106. The molecule has 188 valence electrons. The van der Waals surface area contributed by atoms with Crippen molar-refractivity contribution in [1.29, 1.82) is 0 Å². The van der Waals surface area contributed by atoms with Crippen LogP contribution in [-0.4, -0.2) is 92.9 Å². The number of hydrogen-bond donors (Lipinski definition) is 1. The number of rotatable bonds is 9. The number of thioether (sulfide) groups is 1. The molecule has 0 aromatic heterocycles. The van der Waals surface area contributed by atoms with Gasteiger partial charge in [-0.3, -0.25) is 14.4 Å². The number of nitrogens with zero attached hydrogens (tertiary/aromatic N) is 3. The Morgan fingerprint density at radius 3 is 2.41 bits per heavy atom. The van der Waals surface area contributed by atoms with Gasteiger partial charge >= 0.3 is 0 Å². The van der Waals surface area contributed by atoms with E-state index in [0.717, 1.165) is 32.1 Å². The van der Waals surface area contributed by atoms with Crippen molar-refractivity contribution in [2.75, 3.05) is 39.8 Å². The van der Waals surface area contributed by atoms with Gasteiger partial charge in [-0.05, 0) is 32.6 Å². The smallest absolute Gasteiger partial charge is 0.247 e. The van der Waals surface area contributed by atoms with Crippen molar-refractivity contribution in [3.05, 3.63) is 24.3 Å². The molecule has 1 unspecified atom stereocenters. The van der Waals surface area contributed by atoms with Crippen LogP contribution in [0, 0.1) is 11.8 Å². The topological polar surface area (TPSA) is 81.2 Å². The Kier molecular flexibility index (Phi) is 7.48. The number of aliphatic hydroxyl groups excluding tert-OH is 1. The zero-order valence-corrected chi connectivity index (χ0v) is 21.6. The zero-order valence-electron chi connectivity index (χ0n) is 20.7. The van der Waals surface area contributed by atoms with Crippen molar-refractivity contribution < 1.29 is 19.5 Å². The molecular formula is C26H39N3O4S. The molecular weight excluding hydrogens is 450 g/mol. The lowest BCUT2D eigenvalue weighted by Gasteiger charge is -2.37. The van der Waals surface area contributed by atoms with Gasteiger partial charge in [0.1, 0.15) is 6.04 Å². The number of hydrogen-bond acceptors (Lipinski definition) is 5. The average molecular weight is 490 g/mol. The third-order valence-electron chi connectivity index (χ3n) is 7.93. The minimum atomic E-state index is -0.748. The van der Waals surface area contributed by atoms with E-state index in [1.807, 2.05) is 11.0 Å². The Morgan fingerprint density at radius 2 is 1.68 bits per heavy atom. The van der Waals surface area contributed by atoms with Crippen molar-refractivity contribution in [2.24, 2.45) is 11.8 Å². The fourth-order valence-electron chi connectivity index (χ4n) is 6.25. The lowest BCUT2D eigenvalue weighted by atomic mass is 9.74. The predicted molar refractivity (Wildman–Crippen MR) is 134 cm³/mol. The highest BCUT2D eigenvalue weighted by Gasteiger charge is 2.73. The lowest BCUT2D eigenvalue weighted by Crippen LogP contribution is -2.53. The van der Waals surface area contributed by atoms with Crippen LogP contribution in [0.2, 0.25) is 0 Å². The van der Waals surface area contributed by atoms with Crippen LogP contribution in [0.1, 0.15) is 52.4 Å². The molecule has 3 amide bonds. The molecule has 7 nitrogen and oxygen atoms in total. The van der Waals surface area contributed by atoms with Crippen LogP contribution in [-0.2, 0) is 14.4 Å². The van der Waals surface area contributed by atoms with Gasteiger partial charge in [0.05, 0.1) is 16.6 Å². The summed E-state index contributed by atoms with van der Waals surface area (Å²) in [7, 11) is 1.79. The van der Waals surface area contributed by atoms with E-state index in [1.54, 1.807) is 28.6 Å². The number of amides is 3. The van der Waals surface area contributed by atoms with Crippen LogP contribution in [0.15, 0.2) is 24.3 Å². The fraction of sp³-hybridized carbons (Fsp3) is 0.731. The summed E-state index contributed by atoms with van der Waals surface area (Å²) < 4.78 is -1.28. The molecule has 0 aromatic rings. The third kappa shape index (κ3) is 4.11. The Bertz CT molecular complexity index is 876. The molecule has 2 saturated heterocycles. The van der Waals surface area contributed by atoms with Crippen LogP contribution >= 0.6 is 11.8 Å². The van der Waals surface area contributed by atoms with E-state index in [9.17, 15) is 19.5 Å². The Hall–Kier alpha value is -1.80. The number of aliphatic hydroxyl groups is 1. The number of likely N-dealkylation sites (N-methyl/N-ethyl adjacent to an activating group) is 1. The van der Waals surface area contributed by atoms with Gasteiger partial charge in [0.15, 0.2) is 0 Å². The molecule has 0 radical (unpaired) electrons. The van der Waals surface area contributed by atoms with Crippen molar-refractivity contribution in [3.63, 3.8) is 0 Å². The first-order chi connectivity index (χ1) is 16.3. The van der Waals surface area contributed by atoms with Crippen LogP contribution in [0.25, 0.3) is 0 Å². The maximum Gasteiger partial charge on any atom is 0.247 e. The van der Waals surface area contributed by atoms with Gasteiger partial charge in [0.25, 0.3) is 0 Å². The monoisotopic (exact) mass is 489 g/mol. The lowest BCUT2D eigenvalue weighted by molar-refractivity contribution is -0.144. The summed E-state index contributed by atoms with van der Waals surface area (Å²) >= 11 is 1.65. The van der Waals surface area contributed by atoms with Crippen molar-refractivity contribution in [3.8, 4) is 0 Å². The number of unbranched alkanes of at least 4 members (excludes halogenated alkanes) is 4. The highest BCUT2D eigenvalue weighted by molar-refractivity contribution is 8.02. The molecule has 0 bridgehead atoms. The van der Waals surface area contributed by atoms with E-state index in [-0.39, 0.29) is 24.3 Å². The summed E-state index contributed by atoms with van der Waals surface area (Å²) in [5.41, 5.74) is 0. The molecule has 2 fully saturated rings. The van der Waals surface area contributed by atoms with E-state index < -0.39 is 27.4 Å². The standard InChI is InChI=1S/C26H39N3O4S/c1-4-5-7-15-28-16-11-13-26-20(19-22(31)27(3)14-10-12-25(19,2)34-26)23(32)29(21(26)24(28)33)17-8-6-9-18-30/h10-13,19-21,30H,4-9,14-18H2,1-3H3/t19-,20+,21?,25+,26+/m1/s1. The van der Waals surface area contributed by atoms with Gasteiger partial charge < -0.3 is 19.8 Å². The first kappa shape index (κ1) is 25.3. The summed E-state index contributed by atoms with van der Waals surface area (Å²) in [6.45, 7) is 6.58. The van der Waals surface area contributed by atoms with Gasteiger partial charge in [-0.25, -0.2) is 0 Å². The van der Waals surface area contributed by atoms with Gasteiger partial charge in [0, 0.05) is 44.6 Å². The SMILES string of the molecule is CCCCCN1CC=C[C@]23S[C@@]4(C)C=CCN(C)C(=O)[C@H]4[C@H]2C(=O)N(CCCCCO)C3C1=O. The van der Waals surface area contributed by atoms with Gasteiger partial charge in [-0.15, -0.1) is 11.8 Å². The maximum atomic E-state index is 14.1. The highest BCUT2D eigenvalue weighted by Crippen LogP contribution is 2.65. The van der Waals surface area contributed by atoms with E-state index in [2.05, 4.69) is 32.1 Å². The molecule has 4 aliphatic rings. The Labute approximate surface area is 207 Å². The average Bonchev–Trinajstić information content (AvgIpc) is 3.08. The number of carbonyl (C=O) groups excluding carboxylic acids is 3. The van der Waals surface area contributed by atoms with Crippen LogP contribution in [0.4, 0.5) is 0 Å². The van der Waals surface area contributed by atoms with Crippen molar-refractivity contribution >= 4 is 29.5 Å². The van der Waals surface area contributed by atoms with Crippen LogP contribution in [0.5, 0.6) is 0 Å². The maximum absolute atomic E-state index is 14.1. The number of carbonyl (C=O) groups is 3. The van der Waals surface area contributed by atoms with E-state index in [0.29, 0.717) is 32.6 Å². The summed E-state index contributed by atoms with van der Waals surface area (Å²) in [4.78, 5) is 47.1. The summed E-state index contributed by atoms with van der Waals surface area (Å²) in [5, 5.41) is 9.18. The molecule has 4 heterocycles. The summed E-state index contributed by atoms with van der Waals surface area (Å²) in [6, 6.07) is -0.597. The first-order valence-corrected chi connectivity index (χ1v) is 13.6. The Balaban J connectivity index is 1.74. The number of fused-ring (bicyclic) bond motifs is 2. The molecule has 0 saturated carbocycles. The molecule has 34 heavy (non-hydrogen) atoms. The molecule has 0 aliphatic carbocycles. The van der Waals surface area contributed by atoms with E-state index in [4.69, 9.17) is 0 Å². The summed E-state index contributed by atoms with van der Waals surface area (Å²) in [5.74, 6) is -1.13. The second kappa shape index (κ2) is 10.1. The second-order valence-corrected chi connectivity index (χ2v) is 12.1. The van der Waals surface area contributed by atoms with Crippen molar-refractivity contribution in [1.82, 2.24) is 14.7 Å². The molecule has 1 N–H and O–H groups in total. The first-order valence-electron chi connectivity index (χ1n) is 12.8. The van der Waals surface area contributed by atoms with Gasteiger partial charge in [-0.2, -0.15) is 0 Å². The van der Waals surface area contributed by atoms with Crippen molar-refractivity contribution in [2.45, 2.75) is 67.9 Å². The van der Waals surface area contributed by atoms with Crippen LogP contribution in [0.3, 0.4) is 0 Å². The Morgan fingerprint density at radius 1 is 0.941 bits per heavy atom. The fourth-order valence-corrected chi connectivity index (χ4v) is 8.41. The molecule has 8 heteroatoms. The zero-order chi connectivity index (χ0) is 24.5. The van der Waals surface area contributed by atoms with E-state index >= 15 is 0 Å². The van der Waals surface area contributed by atoms with E-state index in [1.165, 1.54) is 0 Å². The largest absolute Gasteiger partial charge is 0.396 e. The second-order valence-electron chi connectivity index (χ2n) is 10.3. The predicted octanol–water partition coefficient (Wildman–Crippen LogP) is 2.45. The molecule has 1 spiro atoms. The third-order valence-corrected chi connectivity index (χ3v) is 9.73. The molecule has 5 atom stereocenters. The van der Waals surface area contributed by atoms with Crippen LogP contribution < -0.4 is 0 Å². The van der Waals surface area contributed by atoms with Gasteiger partial charge in [-0.1, -0.05) is 44.1 Å². The minimum Gasteiger partial charge on any atom is -0.396 e. The van der Waals surface area contributed by atoms with Gasteiger partial charge in [0.2, 0.25) is 17.7 Å². The summed E-state index contributed by atoms with van der Waals surface area (Å²) in [6.07, 6.45) is 13.6. The normalized spacial score (nSPS) is 34.9. The number of likely N-dealkylation sites (tertiary alicyclic amines) is 1. The molecule has 0 aromatic carbocycles. The quantitative estimate of drug-likeness (QED) is 0.398. The molecule has 4 aliphatic heterocycles. The molecule has 4 rings (SSSR count). The highest BCUT2D eigenvalue weighted by atomic mass is 32.2.